The first-order valence-electron chi connectivity index (χ1n) is 9.45. The number of likely N-dealkylation sites (tertiary alicyclic amines) is 1. The number of piperidine rings is 1. The zero-order chi connectivity index (χ0) is 19.8. The van der Waals surface area contributed by atoms with Crippen molar-refractivity contribution < 1.29 is 19.2 Å². The lowest BCUT2D eigenvalue weighted by Gasteiger charge is -2.30. The number of hydrogen-bond acceptors (Lipinski definition) is 4. The van der Waals surface area contributed by atoms with Crippen LogP contribution >= 0.6 is 0 Å². The first-order chi connectivity index (χ1) is 13.4. The number of imide groups is 1. The number of rotatable bonds is 2. The quantitative estimate of drug-likeness (QED) is 0.699. The maximum atomic E-state index is 12.8. The van der Waals surface area contributed by atoms with E-state index >= 15 is 0 Å². The van der Waals surface area contributed by atoms with Crippen molar-refractivity contribution in [1.82, 2.24) is 20.4 Å². The number of hydrogen-bond donors (Lipinski definition) is 2. The molecule has 8 nitrogen and oxygen atoms in total. The maximum absolute atomic E-state index is 12.8. The summed E-state index contributed by atoms with van der Waals surface area (Å²) in [4.78, 5) is 52.0. The van der Waals surface area contributed by atoms with E-state index in [-0.39, 0.29) is 30.8 Å². The van der Waals surface area contributed by atoms with E-state index in [1.54, 1.807) is 17.1 Å². The van der Waals surface area contributed by atoms with Crippen molar-refractivity contribution >= 4 is 23.8 Å². The molecular formula is C20H22N4O4. The second-order valence-corrected chi connectivity index (χ2v) is 7.36. The molecule has 8 heteroatoms. The van der Waals surface area contributed by atoms with E-state index in [9.17, 15) is 19.2 Å². The molecule has 28 heavy (non-hydrogen) atoms. The van der Waals surface area contributed by atoms with Gasteiger partial charge in [-0.1, -0.05) is 12.7 Å². The van der Waals surface area contributed by atoms with Crippen molar-refractivity contribution in [1.29, 1.82) is 0 Å². The Morgan fingerprint density at radius 3 is 2.79 bits per heavy atom. The minimum Gasteiger partial charge on any atom is -0.323 e. The van der Waals surface area contributed by atoms with Gasteiger partial charge < -0.3 is 10.2 Å². The zero-order valence-electron chi connectivity index (χ0n) is 15.5. The van der Waals surface area contributed by atoms with Crippen LogP contribution in [0.2, 0.25) is 0 Å². The van der Waals surface area contributed by atoms with Gasteiger partial charge in [0, 0.05) is 36.5 Å². The topological polar surface area (TPSA) is 98.8 Å². The second-order valence-electron chi connectivity index (χ2n) is 7.36. The fourth-order valence-corrected chi connectivity index (χ4v) is 4.03. The Morgan fingerprint density at radius 2 is 2.07 bits per heavy atom. The summed E-state index contributed by atoms with van der Waals surface area (Å²) in [5, 5.41) is 5.18. The molecule has 0 aromatic heterocycles. The van der Waals surface area contributed by atoms with Gasteiger partial charge in [-0.2, -0.15) is 0 Å². The summed E-state index contributed by atoms with van der Waals surface area (Å²) in [7, 11) is 0. The normalized spacial score (nSPS) is 25.0. The highest BCUT2D eigenvalue weighted by Gasteiger charge is 2.39. The fraction of sp³-hybridized carbons (Fsp3) is 0.400. The molecule has 0 radical (unpaired) electrons. The molecule has 1 unspecified atom stereocenters. The van der Waals surface area contributed by atoms with E-state index in [0.29, 0.717) is 30.7 Å². The molecule has 0 bridgehead atoms. The maximum Gasteiger partial charge on any atom is 0.326 e. The van der Waals surface area contributed by atoms with Gasteiger partial charge in [0.2, 0.25) is 11.8 Å². The van der Waals surface area contributed by atoms with Gasteiger partial charge in [0.15, 0.2) is 0 Å². The van der Waals surface area contributed by atoms with Gasteiger partial charge in [-0.15, -0.1) is 0 Å². The van der Waals surface area contributed by atoms with Crippen molar-refractivity contribution in [2.24, 2.45) is 0 Å². The van der Waals surface area contributed by atoms with Crippen LogP contribution in [0, 0.1) is 0 Å². The molecule has 4 aliphatic rings. The second kappa shape index (κ2) is 7.10. The van der Waals surface area contributed by atoms with Crippen molar-refractivity contribution in [3.8, 4) is 0 Å². The third kappa shape index (κ3) is 3.26. The molecule has 146 valence electrons. The summed E-state index contributed by atoms with van der Waals surface area (Å²) in [5.74, 6) is -0.924. The molecule has 0 aromatic rings. The van der Waals surface area contributed by atoms with Crippen molar-refractivity contribution in [3.63, 3.8) is 0 Å². The summed E-state index contributed by atoms with van der Waals surface area (Å²) in [6.07, 6.45) is 8.12. The standard InChI is InChI=1S/C20H22N4O4/c1-12-4-3-9-23(12)20(28)21-14-5-2-6-15-13(10-14)11-24(19(15)27)16-7-8-17(25)22-18(16)26/h2,5,10,16H,1,3-4,6-9,11H2,(H,21,28)(H,22,25,26). The summed E-state index contributed by atoms with van der Waals surface area (Å²) in [5.41, 5.74) is 2.81. The summed E-state index contributed by atoms with van der Waals surface area (Å²) in [6.45, 7) is 4.85. The third-order valence-corrected chi connectivity index (χ3v) is 5.51. The average Bonchev–Trinajstić information content (AvgIpc) is 3.13. The highest BCUT2D eigenvalue weighted by atomic mass is 16.2. The number of carbonyl (C=O) groups is 4. The van der Waals surface area contributed by atoms with Crippen molar-refractivity contribution in [3.05, 3.63) is 47.3 Å². The van der Waals surface area contributed by atoms with Gasteiger partial charge in [-0.3, -0.25) is 24.6 Å². The summed E-state index contributed by atoms with van der Waals surface area (Å²) < 4.78 is 0. The van der Waals surface area contributed by atoms with Crippen LogP contribution in [-0.2, 0) is 14.4 Å². The van der Waals surface area contributed by atoms with Gasteiger partial charge in [0.25, 0.3) is 5.91 Å². The number of carbonyl (C=O) groups excluding carboxylic acids is 4. The number of nitrogens with one attached hydrogen (secondary N) is 2. The number of urea groups is 1. The average molecular weight is 382 g/mol. The van der Waals surface area contributed by atoms with Gasteiger partial charge in [-0.25, -0.2) is 4.79 Å². The van der Waals surface area contributed by atoms with Crippen LogP contribution in [0.15, 0.2) is 47.3 Å². The minimum absolute atomic E-state index is 0.189. The van der Waals surface area contributed by atoms with Crippen molar-refractivity contribution in [2.75, 3.05) is 13.1 Å². The predicted octanol–water partition coefficient (Wildman–Crippen LogP) is 1.09. The number of allylic oxidation sites excluding steroid dienone is 3. The Labute approximate surface area is 162 Å². The number of amides is 5. The van der Waals surface area contributed by atoms with Crippen LogP contribution in [0.4, 0.5) is 4.79 Å². The molecule has 0 spiro atoms. The fourth-order valence-electron chi connectivity index (χ4n) is 4.03. The molecule has 3 aliphatic heterocycles. The van der Waals surface area contributed by atoms with Crippen LogP contribution in [0.1, 0.15) is 32.1 Å². The smallest absolute Gasteiger partial charge is 0.323 e. The predicted molar refractivity (Wildman–Crippen MR) is 100 cm³/mol. The van der Waals surface area contributed by atoms with E-state index in [4.69, 9.17) is 0 Å². The van der Waals surface area contributed by atoms with E-state index in [1.807, 2.05) is 6.08 Å². The van der Waals surface area contributed by atoms with Crippen LogP contribution in [0.3, 0.4) is 0 Å². The molecule has 1 aliphatic carbocycles. The van der Waals surface area contributed by atoms with Crippen LogP contribution < -0.4 is 10.6 Å². The van der Waals surface area contributed by atoms with Crippen LogP contribution in [0.25, 0.3) is 0 Å². The molecule has 3 heterocycles. The van der Waals surface area contributed by atoms with Gasteiger partial charge in [-0.05, 0) is 43.4 Å². The van der Waals surface area contributed by atoms with E-state index in [0.717, 1.165) is 24.1 Å². The molecular weight excluding hydrogens is 360 g/mol. The molecule has 0 aromatic carbocycles. The van der Waals surface area contributed by atoms with Crippen LogP contribution in [0.5, 0.6) is 0 Å². The lowest BCUT2D eigenvalue weighted by Crippen LogP contribution is -2.53. The molecule has 0 saturated carbocycles. The lowest BCUT2D eigenvalue weighted by molar-refractivity contribution is -0.142. The minimum atomic E-state index is -0.638. The molecule has 1 atom stereocenters. The summed E-state index contributed by atoms with van der Waals surface area (Å²) >= 11 is 0. The molecule has 5 amide bonds. The Bertz CT molecular complexity index is 883. The lowest BCUT2D eigenvalue weighted by atomic mass is 10.0. The molecule has 2 N–H and O–H groups in total. The number of nitrogens with zero attached hydrogens (tertiary/aromatic N) is 2. The largest absolute Gasteiger partial charge is 0.326 e. The molecule has 2 fully saturated rings. The van der Waals surface area contributed by atoms with E-state index < -0.39 is 11.9 Å². The first-order valence-corrected chi connectivity index (χ1v) is 9.45. The Kier molecular flexibility index (Phi) is 4.62. The van der Waals surface area contributed by atoms with Crippen LogP contribution in [-0.4, -0.2) is 52.7 Å². The summed E-state index contributed by atoms with van der Waals surface area (Å²) in [6, 6.07) is -0.866. The monoisotopic (exact) mass is 382 g/mol. The van der Waals surface area contributed by atoms with E-state index in [1.165, 1.54) is 4.90 Å². The van der Waals surface area contributed by atoms with Gasteiger partial charge >= 0.3 is 6.03 Å². The third-order valence-electron chi connectivity index (χ3n) is 5.51. The van der Waals surface area contributed by atoms with Gasteiger partial charge in [0.05, 0.1) is 0 Å². The highest BCUT2D eigenvalue weighted by molar-refractivity contribution is 6.05. The SMILES string of the molecule is C=C1CCCN1C(=O)NC1=CC2=C(CC=C1)C(=O)N(C1CCC(=O)NC1=O)C2. The Hall–Kier alpha value is -3.16. The molecule has 4 rings (SSSR count). The van der Waals surface area contributed by atoms with Gasteiger partial charge in [0.1, 0.15) is 6.04 Å². The first kappa shape index (κ1) is 18.2. The molecule has 2 saturated heterocycles. The van der Waals surface area contributed by atoms with Crippen molar-refractivity contribution in [2.45, 2.75) is 38.1 Å². The highest BCUT2D eigenvalue weighted by Crippen LogP contribution is 2.30. The Balaban J connectivity index is 1.49. The Morgan fingerprint density at radius 1 is 1.25 bits per heavy atom. The van der Waals surface area contributed by atoms with E-state index in [2.05, 4.69) is 17.2 Å². The zero-order valence-corrected chi connectivity index (χ0v) is 15.5.